The van der Waals surface area contributed by atoms with Crippen molar-refractivity contribution in [2.45, 2.75) is 23.7 Å². The van der Waals surface area contributed by atoms with E-state index in [-0.39, 0.29) is 15.6 Å². The normalized spacial score (nSPS) is 14.4. The summed E-state index contributed by atoms with van der Waals surface area (Å²) in [6.45, 7) is 0. The van der Waals surface area contributed by atoms with Gasteiger partial charge in [-0.2, -0.15) is 0 Å². The van der Waals surface area contributed by atoms with Crippen molar-refractivity contribution in [2.75, 3.05) is 4.72 Å². The van der Waals surface area contributed by atoms with Crippen molar-refractivity contribution >= 4 is 27.3 Å². The molecule has 8 heteroatoms. The van der Waals surface area contributed by atoms with Crippen LogP contribution in [-0.4, -0.2) is 13.4 Å². The molecule has 134 valence electrons. The smallest absolute Gasteiger partial charge is 0.261 e. The number of hydrogen-bond acceptors (Lipinski definition) is 4. The van der Waals surface area contributed by atoms with Gasteiger partial charge in [0.05, 0.1) is 21.8 Å². The molecular formula is C18H14ClFN2O3S. The summed E-state index contributed by atoms with van der Waals surface area (Å²) in [6.07, 6.45) is 3.84. The Morgan fingerprint density at radius 2 is 1.88 bits per heavy atom. The van der Waals surface area contributed by atoms with Gasteiger partial charge in [-0.05, 0) is 55.3 Å². The lowest BCUT2D eigenvalue weighted by Gasteiger charge is -2.09. The van der Waals surface area contributed by atoms with E-state index in [1.54, 1.807) is 18.3 Å². The first kappa shape index (κ1) is 17.1. The first-order valence-corrected chi connectivity index (χ1v) is 9.82. The molecule has 1 aliphatic carbocycles. The molecule has 26 heavy (non-hydrogen) atoms. The number of nitrogens with one attached hydrogen (secondary N) is 1. The fraction of sp³-hybridized carbons (Fsp3) is 0.167. The molecule has 1 saturated carbocycles. The van der Waals surface area contributed by atoms with E-state index >= 15 is 0 Å². The molecule has 5 nitrogen and oxygen atoms in total. The largest absolute Gasteiger partial charge is 0.440 e. The van der Waals surface area contributed by atoms with Crippen molar-refractivity contribution in [3.05, 3.63) is 65.4 Å². The Balaban J connectivity index is 1.55. The standard InChI is InChI=1S/C18H14ClFN2O3S/c19-15-9-13(5-8-16(15)20)22-26(23,24)14-6-3-11(4-7-14)17-10-21-18(25-17)12-1-2-12/h3-10,12,22H,1-2H2. The maximum Gasteiger partial charge on any atom is 0.261 e. The summed E-state index contributed by atoms with van der Waals surface area (Å²) in [5.41, 5.74) is 0.929. The number of hydrogen-bond donors (Lipinski definition) is 1. The van der Waals surface area contributed by atoms with Gasteiger partial charge in [-0.3, -0.25) is 4.72 Å². The average molecular weight is 393 g/mol. The van der Waals surface area contributed by atoms with Crippen LogP contribution in [0, 0.1) is 5.82 Å². The highest BCUT2D eigenvalue weighted by molar-refractivity contribution is 7.92. The minimum Gasteiger partial charge on any atom is -0.440 e. The molecule has 0 spiro atoms. The number of halogens is 2. The van der Waals surface area contributed by atoms with E-state index in [1.807, 2.05) is 0 Å². The summed E-state index contributed by atoms with van der Waals surface area (Å²) >= 11 is 5.68. The van der Waals surface area contributed by atoms with Crippen LogP contribution in [0.15, 0.2) is 58.0 Å². The van der Waals surface area contributed by atoms with Crippen LogP contribution in [0.25, 0.3) is 11.3 Å². The summed E-state index contributed by atoms with van der Waals surface area (Å²) in [5, 5.41) is -0.155. The lowest BCUT2D eigenvalue weighted by Crippen LogP contribution is -2.12. The molecular weight excluding hydrogens is 379 g/mol. The van der Waals surface area contributed by atoms with Gasteiger partial charge in [0.1, 0.15) is 5.82 Å². The van der Waals surface area contributed by atoms with Gasteiger partial charge in [0.25, 0.3) is 10.0 Å². The topological polar surface area (TPSA) is 72.2 Å². The molecule has 3 aromatic rings. The summed E-state index contributed by atoms with van der Waals surface area (Å²) in [7, 11) is -3.82. The fourth-order valence-electron chi connectivity index (χ4n) is 2.51. The molecule has 2 aromatic carbocycles. The lowest BCUT2D eigenvalue weighted by atomic mass is 10.2. The van der Waals surface area contributed by atoms with E-state index in [2.05, 4.69) is 9.71 Å². The first-order valence-electron chi connectivity index (χ1n) is 7.96. The number of nitrogens with zero attached hydrogens (tertiary/aromatic N) is 1. The second-order valence-electron chi connectivity index (χ2n) is 6.10. The number of benzene rings is 2. The third-order valence-corrected chi connectivity index (χ3v) is 5.76. The predicted molar refractivity (Wildman–Crippen MR) is 96.1 cm³/mol. The second-order valence-corrected chi connectivity index (χ2v) is 8.19. The third-order valence-electron chi connectivity index (χ3n) is 4.07. The molecule has 0 radical (unpaired) electrons. The SMILES string of the molecule is O=S(=O)(Nc1ccc(F)c(Cl)c1)c1ccc(-c2cnc(C3CC3)o2)cc1. The predicted octanol–water partition coefficient (Wildman–Crippen LogP) is 4.81. The second kappa shape index (κ2) is 6.41. The molecule has 0 atom stereocenters. The lowest BCUT2D eigenvalue weighted by molar-refractivity contribution is 0.509. The zero-order valence-electron chi connectivity index (χ0n) is 13.4. The third kappa shape index (κ3) is 3.45. The van der Waals surface area contributed by atoms with Gasteiger partial charge in [0, 0.05) is 11.5 Å². The molecule has 1 N–H and O–H groups in total. The zero-order chi connectivity index (χ0) is 18.3. The van der Waals surface area contributed by atoms with Gasteiger partial charge in [-0.1, -0.05) is 11.6 Å². The van der Waals surface area contributed by atoms with E-state index in [9.17, 15) is 12.8 Å². The van der Waals surface area contributed by atoms with Crippen molar-refractivity contribution in [3.63, 3.8) is 0 Å². The van der Waals surface area contributed by atoms with Gasteiger partial charge < -0.3 is 4.42 Å². The molecule has 0 amide bonds. The van der Waals surface area contributed by atoms with E-state index in [1.165, 1.54) is 24.3 Å². The summed E-state index contributed by atoms with van der Waals surface area (Å²) in [4.78, 5) is 4.33. The van der Waals surface area contributed by atoms with Crippen LogP contribution in [0.3, 0.4) is 0 Å². The Bertz CT molecular complexity index is 1060. The highest BCUT2D eigenvalue weighted by atomic mass is 35.5. The highest BCUT2D eigenvalue weighted by Gasteiger charge is 2.28. The molecule has 1 heterocycles. The van der Waals surface area contributed by atoms with E-state index < -0.39 is 15.8 Å². The Morgan fingerprint density at radius 3 is 2.54 bits per heavy atom. The van der Waals surface area contributed by atoms with Gasteiger partial charge in [-0.15, -0.1) is 0 Å². The van der Waals surface area contributed by atoms with Crippen molar-refractivity contribution in [3.8, 4) is 11.3 Å². The van der Waals surface area contributed by atoms with Crippen LogP contribution in [0.2, 0.25) is 5.02 Å². The summed E-state index contributed by atoms with van der Waals surface area (Å²) in [6, 6.07) is 9.89. The maximum absolute atomic E-state index is 13.2. The Labute approximate surface area is 154 Å². The van der Waals surface area contributed by atoms with Crippen LogP contribution < -0.4 is 4.72 Å². The minimum atomic E-state index is -3.82. The Kier molecular flexibility index (Phi) is 4.20. The number of sulfonamides is 1. The van der Waals surface area contributed by atoms with Gasteiger partial charge >= 0.3 is 0 Å². The maximum atomic E-state index is 13.2. The highest BCUT2D eigenvalue weighted by Crippen LogP contribution is 2.40. The van der Waals surface area contributed by atoms with Gasteiger partial charge in [0.2, 0.25) is 0 Å². The van der Waals surface area contributed by atoms with Crippen molar-refractivity contribution in [2.24, 2.45) is 0 Å². The molecule has 4 rings (SSSR count). The summed E-state index contributed by atoms with van der Waals surface area (Å²) < 4.78 is 46.2. The van der Waals surface area contributed by atoms with E-state index in [0.717, 1.165) is 30.4 Å². The molecule has 0 bridgehead atoms. The van der Waals surface area contributed by atoms with Gasteiger partial charge in [-0.25, -0.2) is 17.8 Å². The monoisotopic (exact) mass is 392 g/mol. The molecule has 1 aromatic heterocycles. The molecule has 0 unspecified atom stereocenters. The van der Waals surface area contributed by atoms with Crippen LogP contribution in [-0.2, 0) is 10.0 Å². The summed E-state index contributed by atoms with van der Waals surface area (Å²) in [5.74, 6) is 1.13. The first-order chi connectivity index (χ1) is 12.4. The van der Waals surface area contributed by atoms with Gasteiger partial charge in [0.15, 0.2) is 11.7 Å². The average Bonchev–Trinajstić information content (AvgIpc) is 3.35. The van der Waals surface area contributed by atoms with Crippen LogP contribution >= 0.6 is 11.6 Å². The van der Waals surface area contributed by atoms with E-state index in [4.69, 9.17) is 16.0 Å². The quantitative estimate of drug-likeness (QED) is 0.676. The Morgan fingerprint density at radius 1 is 1.15 bits per heavy atom. The number of rotatable bonds is 5. The Hall–Kier alpha value is -2.38. The van der Waals surface area contributed by atoms with E-state index in [0.29, 0.717) is 11.7 Å². The van der Waals surface area contributed by atoms with Crippen molar-refractivity contribution < 1.29 is 17.2 Å². The number of oxazole rings is 1. The number of aromatic nitrogens is 1. The molecule has 1 aliphatic rings. The van der Waals surface area contributed by atoms with Crippen LogP contribution in [0.4, 0.5) is 10.1 Å². The van der Waals surface area contributed by atoms with Crippen molar-refractivity contribution in [1.29, 1.82) is 0 Å². The van der Waals surface area contributed by atoms with Crippen LogP contribution in [0.1, 0.15) is 24.7 Å². The fourth-order valence-corrected chi connectivity index (χ4v) is 3.74. The van der Waals surface area contributed by atoms with Crippen molar-refractivity contribution in [1.82, 2.24) is 4.98 Å². The molecule has 0 saturated heterocycles. The minimum absolute atomic E-state index is 0.0728. The molecule has 1 fully saturated rings. The molecule has 0 aliphatic heterocycles. The van der Waals surface area contributed by atoms with Crippen LogP contribution in [0.5, 0.6) is 0 Å². The zero-order valence-corrected chi connectivity index (χ0v) is 15.0. The number of anilines is 1.